The summed E-state index contributed by atoms with van der Waals surface area (Å²) in [6.45, 7) is 4.14. The van der Waals surface area contributed by atoms with Crippen molar-refractivity contribution < 1.29 is 4.74 Å². The SMILES string of the molecule is CCC1=CC[C@H](NCCC2(c3ccccn3)CCOC3(CCCC3)C2)c2ccccc21. The zero-order valence-corrected chi connectivity index (χ0v) is 18.9. The second-order valence-electron chi connectivity index (χ2n) is 9.82. The van der Waals surface area contributed by atoms with Crippen LogP contribution < -0.4 is 5.32 Å². The third kappa shape index (κ3) is 4.10. The summed E-state index contributed by atoms with van der Waals surface area (Å²) < 4.78 is 6.41. The van der Waals surface area contributed by atoms with Crippen LogP contribution in [0.25, 0.3) is 5.57 Å². The van der Waals surface area contributed by atoms with Crippen LogP contribution in [0.15, 0.2) is 54.7 Å². The summed E-state index contributed by atoms with van der Waals surface area (Å²) in [5.74, 6) is 0. The highest BCUT2D eigenvalue weighted by atomic mass is 16.5. The number of aromatic nitrogens is 1. The van der Waals surface area contributed by atoms with Gasteiger partial charge in [0.05, 0.1) is 5.60 Å². The van der Waals surface area contributed by atoms with Crippen LogP contribution in [0.4, 0.5) is 0 Å². The molecule has 2 heterocycles. The Balaban J connectivity index is 1.34. The predicted octanol–water partition coefficient (Wildman–Crippen LogP) is 6.36. The van der Waals surface area contributed by atoms with Crippen LogP contribution in [0.3, 0.4) is 0 Å². The van der Waals surface area contributed by atoms with E-state index in [1.807, 2.05) is 12.3 Å². The molecule has 1 aliphatic heterocycles. The smallest absolute Gasteiger partial charge is 0.0691 e. The lowest BCUT2D eigenvalue weighted by molar-refractivity contribution is -0.104. The van der Waals surface area contributed by atoms with Crippen LogP contribution in [-0.4, -0.2) is 23.7 Å². The van der Waals surface area contributed by atoms with Gasteiger partial charge in [0.2, 0.25) is 0 Å². The van der Waals surface area contributed by atoms with Gasteiger partial charge < -0.3 is 10.1 Å². The van der Waals surface area contributed by atoms with Crippen molar-refractivity contribution in [2.45, 2.75) is 81.8 Å². The number of rotatable bonds is 6. The van der Waals surface area contributed by atoms with E-state index in [0.29, 0.717) is 6.04 Å². The van der Waals surface area contributed by atoms with E-state index in [4.69, 9.17) is 9.72 Å². The molecule has 31 heavy (non-hydrogen) atoms. The third-order valence-corrected chi connectivity index (χ3v) is 8.03. The summed E-state index contributed by atoms with van der Waals surface area (Å²) in [5.41, 5.74) is 5.87. The Bertz CT molecular complexity index is 916. The lowest BCUT2D eigenvalue weighted by atomic mass is 9.68. The van der Waals surface area contributed by atoms with Gasteiger partial charge in [-0.15, -0.1) is 0 Å². The Kier molecular flexibility index (Phi) is 5.99. The number of benzene rings is 1. The van der Waals surface area contributed by atoms with Crippen LogP contribution in [-0.2, 0) is 10.2 Å². The number of hydrogen-bond acceptors (Lipinski definition) is 3. The van der Waals surface area contributed by atoms with Crippen molar-refractivity contribution in [2.24, 2.45) is 0 Å². The summed E-state index contributed by atoms with van der Waals surface area (Å²) in [7, 11) is 0. The van der Waals surface area contributed by atoms with Crippen LogP contribution in [0, 0.1) is 0 Å². The van der Waals surface area contributed by atoms with E-state index in [2.05, 4.69) is 54.7 Å². The summed E-state index contributed by atoms with van der Waals surface area (Å²) in [6.07, 6.45) is 15.0. The summed E-state index contributed by atoms with van der Waals surface area (Å²) in [4.78, 5) is 4.86. The average molecular weight is 417 g/mol. The molecule has 0 radical (unpaired) electrons. The van der Waals surface area contributed by atoms with E-state index in [1.54, 1.807) is 0 Å². The number of pyridine rings is 1. The zero-order chi connectivity index (χ0) is 21.2. The Labute approximate surface area is 187 Å². The van der Waals surface area contributed by atoms with Crippen molar-refractivity contribution in [3.63, 3.8) is 0 Å². The molecule has 3 heteroatoms. The molecule has 2 fully saturated rings. The third-order valence-electron chi connectivity index (χ3n) is 8.03. The fourth-order valence-corrected chi connectivity index (χ4v) is 6.40. The molecule has 0 amide bonds. The first-order valence-corrected chi connectivity index (χ1v) is 12.3. The lowest BCUT2D eigenvalue weighted by Crippen LogP contribution is -2.47. The molecular weight excluding hydrogens is 380 g/mol. The highest BCUT2D eigenvalue weighted by Crippen LogP contribution is 2.49. The summed E-state index contributed by atoms with van der Waals surface area (Å²) in [6, 6.07) is 15.8. The van der Waals surface area contributed by atoms with E-state index in [0.717, 1.165) is 45.3 Å². The van der Waals surface area contributed by atoms with Crippen LogP contribution >= 0.6 is 0 Å². The van der Waals surface area contributed by atoms with Crippen molar-refractivity contribution in [3.05, 3.63) is 71.6 Å². The van der Waals surface area contributed by atoms with E-state index < -0.39 is 0 Å². The van der Waals surface area contributed by atoms with Gasteiger partial charge >= 0.3 is 0 Å². The molecule has 3 aliphatic rings. The fourth-order valence-electron chi connectivity index (χ4n) is 6.40. The Morgan fingerprint density at radius 2 is 1.90 bits per heavy atom. The molecule has 1 N–H and O–H groups in total. The lowest BCUT2D eigenvalue weighted by Gasteiger charge is -2.46. The molecule has 1 spiro atoms. The molecule has 1 saturated heterocycles. The summed E-state index contributed by atoms with van der Waals surface area (Å²) in [5, 5.41) is 3.93. The van der Waals surface area contributed by atoms with Crippen LogP contribution in [0.1, 0.15) is 87.6 Å². The van der Waals surface area contributed by atoms with Gasteiger partial charge in [-0.1, -0.05) is 56.2 Å². The standard InChI is InChI=1S/C28H36N2O/c1-2-22-12-13-25(24-10-4-3-9-23(22)24)29-19-16-27(26-11-5-8-18-30-26)17-20-31-28(21-27)14-6-7-15-28/h3-5,8-12,18,25,29H,2,6-7,13-17,19-21H2,1H3/t25-,27?/m0/s1. The highest BCUT2D eigenvalue weighted by Gasteiger charge is 2.48. The average Bonchev–Trinajstić information content (AvgIpc) is 3.27. The zero-order valence-electron chi connectivity index (χ0n) is 18.9. The molecule has 2 aromatic rings. The molecule has 5 rings (SSSR count). The molecule has 0 bridgehead atoms. The first-order valence-electron chi connectivity index (χ1n) is 12.3. The van der Waals surface area contributed by atoms with Crippen LogP contribution in [0.5, 0.6) is 0 Å². The van der Waals surface area contributed by atoms with Crippen molar-refractivity contribution in [3.8, 4) is 0 Å². The quantitative estimate of drug-likeness (QED) is 0.595. The van der Waals surface area contributed by atoms with Gasteiger partial charge in [-0.2, -0.15) is 0 Å². The van der Waals surface area contributed by atoms with Gasteiger partial charge in [0.25, 0.3) is 0 Å². The normalized spacial score (nSPS) is 27.1. The maximum atomic E-state index is 6.41. The molecule has 3 nitrogen and oxygen atoms in total. The maximum absolute atomic E-state index is 6.41. The fraction of sp³-hybridized carbons (Fsp3) is 0.536. The van der Waals surface area contributed by atoms with Gasteiger partial charge in [-0.3, -0.25) is 4.98 Å². The minimum atomic E-state index is 0.0893. The van der Waals surface area contributed by atoms with Gasteiger partial charge in [0.1, 0.15) is 0 Å². The number of ether oxygens (including phenoxy) is 1. The number of nitrogens with zero attached hydrogens (tertiary/aromatic N) is 1. The maximum Gasteiger partial charge on any atom is 0.0691 e. The van der Waals surface area contributed by atoms with Gasteiger partial charge in [0.15, 0.2) is 0 Å². The molecule has 2 aliphatic carbocycles. The van der Waals surface area contributed by atoms with E-state index in [9.17, 15) is 0 Å². The number of allylic oxidation sites excluding steroid dienone is 1. The number of hydrogen-bond donors (Lipinski definition) is 1. The minimum absolute atomic E-state index is 0.0893. The molecular formula is C28H36N2O. The molecule has 1 saturated carbocycles. The van der Waals surface area contributed by atoms with Gasteiger partial charge in [0, 0.05) is 30.0 Å². The Morgan fingerprint density at radius 1 is 1.06 bits per heavy atom. The van der Waals surface area contributed by atoms with Gasteiger partial charge in [-0.25, -0.2) is 0 Å². The largest absolute Gasteiger partial charge is 0.375 e. The topological polar surface area (TPSA) is 34.2 Å². The number of nitrogens with one attached hydrogen (secondary N) is 1. The van der Waals surface area contributed by atoms with Crippen molar-refractivity contribution in [1.29, 1.82) is 0 Å². The van der Waals surface area contributed by atoms with E-state index in [-0.39, 0.29) is 11.0 Å². The van der Waals surface area contributed by atoms with Crippen molar-refractivity contribution >= 4 is 5.57 Å². The second-order valence-corrected chi connectivity index (χ2v) is 9.82. The molecule has 1 aromatic heterocycles. The van der Waals surface area contributed by atoms with Crippen LogP contribution in [0.2, 0.25) is 0 Å². The number of fused-ring (bicyclic) bond motifs is 1. The first kappa shape index (κ1) is 20.9. The first-order chi connectivity index (χ1) is 15.2. The van der Waals surface area contributed by atoms with Gasteiger partial charge in [-0.05, 0) is 80.3 Å². The molecule has 1 aromatic carbocycles. The monoisotopic (exact) mass is 416 g/mol. The van der Waals surface area contributed by atoms with Crippen molar-refractivity contribution in [1.82, 2.24) is 10.3 Å². The minimum Gasteiger partial charge on any atom is -0.375 e. The second kappa shape index (κ2) is 8.88. The molecule has 164 valence electrons. The molecule has 2 atom stereocenters. The predicted molar refractivity (Wildman–Crippen MR) is 127 cm³/mol. The van der Waals surface area contributed by atoms with Crippen molar-refractivity contribution in [2.75, 3.05) is 13.2 Å². The molecule has 1 unspecified atom stereocenters. The Hall–Kier alpha value is -1.97. The van der Waals surface area contributed by atoms with E-state index >= 15 is 0 Å². The highest BCUT2D eigenvalue weighted by molar-refractivity contribution is 5.70. The summed E-state index contributed by atoms with van der Waals surface area (Å²) >= 11 is 0. The Morgan fingerprint density at radius 3 is 2.71 bits per heavy atom. The van der Waals surface area contributed by atoms with E-state index in [1.165, 1.54) is 48.1 Å².